The lowest BCUT2D eigenvalue weighted by molar-refractivity contribution is 0.0923. The summed E-state index contributed by atoms with van der Waals surface area (Å²) in [5.74, 6) is 1.43. The number of para-hydroxylation sites is 1. The number of pyridine rings is 1. The largest absolute Gasteiger partial charge is 0.496 e. The maximum absolute atomic E-state index is 12.9. The number of carbonyl (C=O) groups is 1. The highest BCUT2D eigenvalue weighted by Crippen LogP contribution is 2.31. The molecule has 1 aliphatic heterocycles. The highest BCUT2D eigenvalue weighted by molar-refractivity contribution is 5.98. The third-order valence-electron chi connectivity index (χ3n) is 5.24. The van der Waals surface area contributed by atoms with Gasteiger partial charge in [0.25, 0.3) is 5.91 Å². The molecular formula is C22H30N4O2. The zero-order chi connectivity index (χ0) is 19.9. The Balaban J connectivity index is 1.81. The first-order valence-corrected chi connectivity index (χ1v) is 9.89. The van der Waals surface area contributed by atoms with Crippen LogP contribution < -0.4 is 15.0 Å². The van der Waals surface area contributed by atoms with E-state index in [0.717, 1.165) is 24.4 Å². The number of anilines is 1. The second-order valence-electron chi connectivity index (χ2n) is 7.33. The van der Waals surface area contributed by atoms with Crippen LogP contribution in [0.3, 0.4) is 0 Å². The van der Waals surface area contributed by atoms with Gasteiger partial charge in [-0.05, 0) is 44.1 Å². The van der Waals surface area contributed by atoms with Crippen LogP contribution in [0, 0.1) is 0 Å². The van der Waals surface area contributed by atoms with Crippen molar-refractivity contribution in [3.8, 4) is 5.75 Å². The van der Waals surface area contributed by atoms with Crippen molar-refractivity contribution in [2.75, 3.05) is 45.7 Å². The van der Waals surface area contributed by atoms with Crippen molar-refractivity contribution in [2.24, 2.45) is 0 Å². The molecule has 2 heterocycles. The maximum Gasteiger partial charge on any atom is 0.255 e. The van der Waals surface area contributed by atoms with Crippen LogP contribution in [0.5, 0.6) is 5.75 Å². The standard InChI is InChI=1S/C22H30N4O2/c1-25(2)21-18(11-9-13-23-21)22(27)24-16-19(26-14-7-4-8-15-26)17-10-5-6-12-20(17)28-3/h5-6,9-13,19H,4,7-8,14-16H2,1-3H3,(H,24,27). The number of likely N-dealkylation sites (tertiary alicyclic amines) is 1. The number of amides is 1. The van der Waals surface area contributed by atoms with Gasteiger partial charge in [0.15, 0.2) is 0 Å². The molecule has 1 saturated heterocycles. The molecule has 0 spiro atoms. The van der Waals surface area contributed by atoms with E-state index in [1.165, 1.54) is 19.3 Å². The predicted octanol–water partition coefficient (Wildman–Crippen LogP) is 3.11. The summed E-state index contributed by atoms with van der Waals surface area (Å²) in [7, 11) is 5.48. The monoisotopic (exact) mass is 382 g/mol. The Labute approximate surface area is 167 Å². The van der Waals surface area contributed by atoms with Crippen LogP contribution in [0.2, 0.25) is 0 Å². The van der Waals surface area contributed by atoms with E-state index in [9.17, 15) is 4.79 Å². The molecule has 6 heteroatoms. The SMILES string of the molecule is COc1ccccc1C(CNC(=O)c1cccnc1N(C)C)N1CCCCC1. The van der Waals surface area contributed by atoms with E-state index in [0.29, 0.717) is 17.9 Å². The van der Waals surface area contributed by atoms with Crippen molar-refractivity contribution in [3.63, 3.8) is 0 Å². The van der Waals surface area contributed by atoms with Crippen molar-refractivity contribution in [1.82, 2.24) is 15.2 Å². The van der Waals surface area contributed by atoms with Gasteiger partial charge in [-0.15, -0.1) is 0 Å². The van der Waals surface area contributed by atoms with Crippen molar-refractivity contribution in [3.05, 3.63) is 53.7 Å². The first kappa shape index (κ1) is 20.1. The van der Waals surface area contributed by atoms with Crippen LogP contribution in [-0.2, 0) is 0 Å². The first-order valence-electron chi connectivity index (χ1n) is 9.89. The number of aromatic nitrogens is 1. The van der Waals surface area contributed by atoms with E-state index in [2.05, 4.69) is 21.3 Å². The molecule has 1 atom stereocenters. The van der Waals surface area contributed by atoms with E-state index in [4.69, 9.17) is 4.74 Å². The van der Waals surface area contributed by atoms with Gasteiger partial charge < -0.3 is 15.0 Å². The topological polar surface area (TPSA) is 57.7 Å². The number of methoxy groups -OCH3 is 1. The summed E-state index contributed by atoms with van der Waals surface area (Å²) >= 11 is 0. The number of benzene rings is 1. The molecule has 1 unspecified atom stereocenters. The molecule has 1 aromatic carbocycles. The number of nitrogens with zero attached hydrogens (tertiary/aromatic N) is 3. The minimum Gasteiger partial charge on any atom is -0.496 e. The lowest BCUT2D eigenvalue weighted by Crippen LogP contribution is -2.41. The molecule has 0 saturated carbocycles. The minimum absolute atomic E-state index is 0.0832. The second-order valence-corrected chi connectivity index (χ2v) is 7.33. The Morgan fingerprint density at radius 1 is 1.18 bits per heavy atom. The summed E-state index contributed by atoms with van der Waals surface area (Å²) < 4.78 is 5.60. The zero-order valence-corrected chi connectivity index (χ0v) is 17.0. The van der Waals surface area contributed by atoms with Gasteiger partial charge in [0.2, 0.25) is 0 Å². The minimum atomic E-state index is -0.103. The molecule has 0 aliphatic carbocycles. The number of nitrogens with one attached hydrogen (secondary N) is 1. The van der Waals surface area contributed by atoms with Crippen LogP contribution in [0.15, 0.2) is 42.6 Å². The zero-order valence-electron chi connectivity index (χ0n) is 17.0. The molecular weight excluding hydrogens is 352 g/mol. The van der Waals surface area contributed by atoms with Crippen LogP contribution in [0.25, 0.3) is 0 Å². The van der Waals surface area contributed by atoms with Crippen LogP contribution in [0.1, 0.15) is 41.2 Å². The molecule has 6 nitrogen and oxygen atoms in total. The Morgan fingerprint density at radius 2 is 1.93 bits per heavy atom. The Bertz CT molecular complexity index is 788. The fourth-order valence-electron chi connectivity index (χ4n) is 3.82. The molecule has 0 bridgehead atoms. The van der Waals surface area contributed by atoms with Crippen LogP contribution in [-0.4, -0.2) is 56.6 Å². The van der Waals surface area contributed by atoms with E-state index in [1.54, 1.807) is 19.4 Å². The molecule has 150 valence electrons. The lowest BCUT2D eigenvalue weighted by atomic mass is 10.0. The van der Waals surface area contributed by atoms with Crippen molar-refractivity contribution in [2.45, 2.75) is 25.3 Å². The predicted molar refractivity (Wildman–Crippen MR) is 112 cm³/mol. The number of hydrogen-bond donors (Lipinski definition) is 1. The molecule has 2 aromatic rings. The Hall–Kier alpha value is -2.60. The molecule has 1 aliphatic rings. The summed E-state index contributed by atoms with van der Waals surface area (Å²) in [6, 6.07) is 11.8. The van der Waals surface area contributed by atoms with Gasteiger partial charge in [-0.1, -0.05) is 24.6 Å². The highest BCUT2D eigenvalue weighted by Gasteiger charge is 2.26. The second kappa shape index (κ2) is 9.55. The number of piperidine rings is 1. The quantitative estimate of drug-likeness (QED) is 0.797. The molecule has 1 amide bonds. The smallest absolute Gasteiger partial charge is 0.255 e. The molecule has 28 heavy (non-hydrogen) atoms. The molecule has 0 radical (unpaired) electrons. The summed E-state index contributed by atoms with van der Waals surface area (Å²) in [5, 5.41) is 3.14. The summed E-state index contributed by atoms with van der Waals surface area (Å²) in [6.07, 6.45) is 5.35. The molecule has 1 N–H and O–H groups in total. The summed E-state index contributed by atoms with van der Waals surface area (Å²) in [6.45, 7) is 2.60. The lowest BCUT2D eigenvalue weighted by Gasteiger charge is -2.35. The average molecular weight is 383 g/mol. The van der Waals surface area contributed by atoms with E-state index < -0.39 is 0 Å². The van der Waals surface area contributed by atoms with Crippen LogP contribution in [0.4, 0.5) is 5.82 Å². The normalized spacial score (nSPS) is 15.7. The van der Waals surface area contributed by atoms with Crippen molar-refractivity contribution < 1.29 is 9.53 Å². The van der Waals surface area contributed by atoms with Crippen molar-refractivity contribution >= 4 is 11.7 Å². The van der Waals surface area contributed by atoms with E-state index in [-0.39, 0.29) is 11.9 Å². The number of ether oxygens (including phenoxy) is 1. The number of hydrogen-bond acceptors (Lipinski definition) is 5. The Morgan fingerprint density at radius 3 is 2.64 bits per heavy atom. The number of rotatable bonds is 7. The van der Waals surface area contributed by atoms with Gasteiger partial charge >= 0.3 is 0 Å². The van der Waals surface area contributed by atoms with Crippen molar-refractivity contribution in [1.29, 1.82) is 0 Å². The van der Waals surface area contributed by atoms with Gasteiger partial charge in [0.05, 0.1) is 18.7 Å². The maximum atomic E-state index is 12.9. The molecule has 1 fully saturated rings. The summed E-state index contributed by atoms with van der Waals surface area (Å²) in [5.41, 5.74) is 1.70. The van der Waals surface area contributed by atoms with E-state index >= 15 is 0 Å². The average Bonchev–Trinajstić information content (AvgIpc) is 2.74. The van der Waals surface area contributed by atoms with Gasteiger partial charge in [0.1, 0.15) is 11.6 Å². The Kier molecular flexibility index (Phi) is 6.87. The fraction of sp³-hybridized carbons (Fsp3) is 0.455. The van der Waals surface area contributed by atoms with Gasteiger partial charge in [-0.3, -0.25) is 9.69 Å². The molecule has 3 rings (SSSR count). The van der Waals surface area contributed by atoms with Gasteiger partial charge in [-0.2, -0.15) is 0 Å². The summed E-state index contributed by atoms with van der Waals surface area (Å²) in [4.78, 5) is 21.6. The third-order valence-corrected chi connectivity index (χ3v) is 5.24. The van der Waals surface area contributed by atoms with E-state index in [1.807, 2.05) is 43.3 Å². The highest BCUT2D eigenvalue weighted by atomic mass is 16.5. The number of carbonyl (C=O) groups excluding carboxylic acids is 1. The third kappa shape index (κ3) is 4.62. The fourth-order valence-corrected chi connectivity index (χ4v) is 3.82. The van der Waals surface area contributed by atoms with Gasteiger partial charge in [0, 0.05) is 32.4 Å². The van der Waals surface area contributed by atoms with Gasteiger partial charge in [-0.25, -0.2) is 4.98 Å². The van der Waals surface area contributed by atoms with Crippen LogP contribution >= 0.6 is 0 Å². The molecule has 1 aromatic heterocycles. The first-order chi connectivity index (χ1) is 13.6.